The van der Waals surface area contributed by atoms with Crippen molar-refractivity contribution >= 4 is 28.5 Å². The molecular formula is C36H43N5O3. The van der Waals surface area contributed by atoms with E-state index in [9.17, 15) is 14.4 Å². The summed E-state index contributed by atoms with van der Waals surface area (Å²) >= 11 is 0. The summed E-state index contributed by atoms with van der Waals surface area (Å²) in [5.74, 6) is -0.877. The summed E-state index contributed by atoms with van der Waals surface area (Å²) in [6, 6.07) is 25.7. The van der Waals surface area contributed by atoms with Crippen molar-refractivity contribution < 1.29 is 14.4 Å². The van der Waals surface area contributed by atoms with Gasteiger partial charge < -0.3 is 15.5 Å². The maximum atomic E-state index is 14.4. The number of carbonyl (C=O) groups is 3. The predicted molar refractivity (Wildman–Crippen MR) is 177 cm³/mol. The maximum Gasteiger partial charge on any atom is 0.264 e. The van der Waals surface area contributed by atoms with Gasteiger partial charge in [-0.1, -0.05) is 78.9 Å². The number of carbonyl (C=O) groups excluding carboxylic acids is 3. The Labute approximate surface area is 260 Å². The molecule has 0 saturated heterocycles. The molecule has 1 heterocycles. The van der Waals surface area contributed by atoms with Crippen LogP contribution in [-0.2, 0) is 27.2 Å². The number of nitrogens with two attached hydrogens (primary N) is 1. The van der Waals surface area contributed by atoms with Gasteiger partial charge in [0.2, 0.25) is 11.8 Å². The third-order valence-corrected chi connectivity index (χ3v) is 7.87. The first-order valence-electron chi connectivity index (χ1n) is 14.9. The molecule has 4 rings (SSSR count). The van der Waals surface area contributed by atoms with E-state index in [2.05, 4.69) is 0 Å². The molecule has 0 fully saturated rings. The van der Waals surface area contributed by atoms with Gasteiger partial charge in [-0.15, -0.1) is 0 Å². The molecule has 0 saturated carbocycles. The van der Waals surface area contributed by atoms with Gasteiger partial charge in [-0.3, -0.25) is 24.1 Å². The first kappa shape index (κ1) is 32.2. The van der Waals surface area contributed by atoms with Crippen LogP contribution < -0.4 is 10.7 Å². The third-order valence-electron chi connectivity index (χ3n) is 7.87. The van der Waals surface area contributed by atoms with Crippen molar-refractivity contribution in [3.05, 3.63) is 121 Å². The molecule has 8 heteroatoms. The normalized spacial score (nSPS) is 13.0. The molecule has 3 amide bonds. The maximum absolute atomic E-state index is 14.4. The highest BCUT2D eigenvalue weighted by Crippen LogP contribution is 2.20. The van der Waals surface area contributed by atoms with Gasteiger partial charge in [-0.25, -0.2) is 0 Å². The lowest BCUT2D eigenvalue weighted by molar-refractivity contribution is -0.145. The summed E-state index contributed by atoms with van der Waals surface area (Å²) in [5, 5.41) is 3.64. The number of hydrogen-bond donors (Lipinski definition) is 1. The minimum absolute atomic E-state index is 0.246. The Balaban J connectivity index is 1.68. The van der Waals surface area contributed by atoms with E-state index in [1.807, 2.05) is 98.8 Å². The van der Waals surface area contributed by atoms with Crippen molar-refractivity contribution in [2.75, 3.05) is 26.2 Å². The number of rotatable bonds is 12. The number of nitrogens with zero attached hydrogens (tertiary/aromatic N) is 4. The van der Waals surface area contributed by atoms with Gasteiger partial charge in [0.05, 0.1) is 0 Å². The Morgan fingerprint density at radius 3 is 2.00 bits per heavy atom. The number of fused-ring (bicyclic) bond motifs is 1. The van der Waals surface area contributed by atoms with Crippen molar-refractivity contribution in [2.45, 2.75) is 50.7 Å². The van der Waals surface area contributed by atoms with E-state index in [-0.39, 0.29) is 24.1 Å². The first-order valence-corrected chi connectivity index (χ1v) is 14.9. The first-order chi connectivity index (χ1) is 20.9. The minimum atomic E-state index is -0.854. The molecule has 2 N–H and O–H groups in total. The summed E-state index contributed by atoms with van der Waals surface area (Å²) in [5.41, 5.74) is 7.48. The Kier molecular flexibility index (Phi) is 10.4. The second kappa shape index (κ2) is 14.2. The molecule has 3 aromatic carbocycles. The zero-order valence-corrected chi connectivity index (χ0v) is 26.3. The van der Waals surface area contributed by atoms with Crippen LogP contribution in [0.25, 0.3) is 10.8 Å². The highest BCUT2D eigenvalue weighted by atomic mass is 16.2. The fourth-order valence-corrected chi connectivity index (χ4v) is 5.18. The molecule has 1 aromatic heterocycles. The van der Waals surface area contributed by atoms with Crippen LogP contribution in [0.3, 0.4) is 0 Å². The van der Waals surface area contributed by atoms with Crippen LogP contribution >= 0.6 is 0 Å². The topological polar surface area (TPSA) is 91.9 Å². The molecule has 0 radical (unpaired) electrons. The number of aromatic nitrogens is 1. The van der Waals surface area contributed by atoms with E-state index in [0.29, 0.717) is 12.8 Å². The van der Waals surface area contributed by atoms with E-state index in [1.54, 1.807) is 44.3 Å². The Bertz CT molecular complexity index is 1590. The zero-order valence-electron chi connectivity index (χ0n) is 26.3. The Morgan fingerprint density at radius 2 is 1.34 bits per heavy atom. The van der Waals surface area contributed by atoms with Gasteiger partial charge in [0.25, 0.3) is 5.91 Å². The molecule has 0 aliphatic rings. The second-order valence-corrected chi connectivity index (χ2v) is 12.0. The summed E-state index contributed by atoms with van der Waals surface area (Å²) in [7, 11) is 4.97. The van der Waals surface area contributed by atoms with Crippen molar-refractivity contribution in [2.24, 2.45) is 5.73 Å². The molecule has 0 unspecified atom stereocenters. The van der Waals surface area contributed by atoms with Crippen molar-refractivity contribution in [1.29, 1.82) is 0 Å². The van der Waals surface area contributed by atoms with E-state index in [4.69, 9.17) is 5.73 Å². The SMILES string of the molecule is CN(C(=O)/C=C/CC(C)(C)N)[C@H](Cc1ccc2ccccc2c1)C(=O)N(C)[C@H](Cc1ccccc1)C(=O)N(C)n1cccc1. The van der Waals surface area contributed by atoms with Gasteiger partial charge in [-0.2, -0.15) is 0 Å². The van der Waals surface area contributed by atoms with Gasteiger partial charge >= 0.3 is 0 Å². The number of amides is 3. The predicted octanol–water partition coefficient (Wildman–Crippen LogP) is 4.56. The molecule has 0 bridgehead atoms. The average molecular weight is 594 g/mol. The quantitative estimate of drug-likeness (QED) is 0.244. The molecule has 0 aliphatic heterocycles. The Morgan fingerprint density at radius 1 is 0.750 bits per heavy atom. The van der Waals surface area contributed by atoms with Crippen LogP contribution in [0.15, 0.2) is 109 Å². The lowest BCUT2D eigenvalue weighted by Gasteiger charge is -2.36. The molecule has 0 aliphatic carbocycles. The van der Waals surface area contributed by atoms with E-state index in [0.717, 1.165) is 21.9 Å². The van der Waals surface area contributed by atoms with Gasteiger partial charge in [0, 0.05) is 51.9 Å². The molecule has 44 heavy (non-hydrogen) atoms. The standard InChI is InChI=1S/C36H43N5O3/c1-36(2,37)21-13-18-33(42)38(3)31(26-28-19-20-29-16-9-10-17-30(29)24-28)34(43)39(4)32(25-27-14-7-6-8-15-27)35(44)40(5)41-22-11-12-23-41/h6-20,22-24,31-32H,21,25-26,37H2,1-5H3/b18-13+/t31-,32-/m1/s1. The molecule has 4 aromatic rings. The highest BCUT2D eigenvalue weighted by Gasteiger charge is 2.36. The smallest absolute Gasteiger partial charge is 0.264 e. The fourth-order valence-electron chi connectivity index (χ4n) is 5.18. The monoisotopic (exact) mass is 593 g/mol. The minimum Gasteiger partial charge on any atom is -0.332 e. The molecule has 230 valence electrons. The highest BCUT2D eigenvalue weighted by molar-refractivity contribution is 5.97. The lowest BCUT2D eigenvalue weighted by atomic mass is 9.98. The van der Waals surface area contributed by atoms with Gasteiger partial charge in [0.1, 0.15) is 12.1 Å². The summed E-state index contributed by atoms with van der Waals surface area (Å²) in [6.45, 7) is 3.78. The van der Waals surface area contributed by atoms with Crippen LogP contribution in [-0.4, -0.2) is 71.0 Å². The van der Waals surface area contributed by atoms with Crippen molar-refractivity contribution in [3.63, 3.8) is 0 Å². The number of benzene rings is 3. The van der Waals surface area contributed by atoms with E-state index in [1.165, 1.54) is 20.9 Å². The van der Waals surface area contributed by atoms with Gasteiger partial charge in [-0.05, 0) is 60.4 Å². The van der Waals surface area contributed by atoms with Crippen LogP contribution in [0.1, 0.15) is 31.4 Å². The van der Waals surface area contributed by atoms with Crippen LogP contribution in [0.2, 0.25) is 0 Å². The average Bonchev–Trinajstić information content (AvgIpc) is 3.56. The molecule has 8 nitrogen and oxygen atoms in total. The zero-order chi connectivity index (χ0) is 31.9. The molecule has 0 spiro atoms. The van der Waals surface area contributed by atoms with Crippen LogP contribution in [0.4, 0.5) is 0 Å². The number of hydrogen-bond acceptors (Lipinski definition) is 4. The second-order valence-electron chi connectivity index (χ2n) is 12.0. The van der Waals surface area contributed by atoms with Crippen molar-refractivity contribution in [1.82, 2.24) is 14.5 Å². The summed E-state index contributed by atoms with van der Waals surface area (Å²) in [4.78, 5) is 44.8. The van der Waals surface area contributed by atoms with Crippen LogP contribution in [0.5, 0.6) is 0 Å². The summed E-state index contributed by atoms with van der Waals surface area (Å²) < 4.78 is 1.69. The van der Waals surface area contributed by atoms with Crippen molar-refractivity contribution in [3.8, 4) is 0 Å². The third kappa shape index (κ3) is 8.23. The molecule has 2 atom stereocenters. The number of likely N-dealkylation sites (N-methyl/N-ethyl adjacent to an activating group) is 3. The largest absolute Gasteiger partial charge is 0.332 e. The lowest BCUT2D eigenvalue weighted by Crippen LogP contribution is -2.57. The fraction of sp³-hybridized carbons (Fsp3) is 0.306. The Hall–Kier alpha value is -4.69. The summed E-state index contributed by atoms with van der Waals surface area (Å²) in [6.07, 6.45) is 7.89. The van der Waals surface area contributed by atoms with Crippen LogP contribution in [0, 0.1) is 0 Å². The molecular weight excluding hydrogens is 550 g/mol. The van der Waals surface area contributed by atoms with Gasteiger partial charge in [0.15, 0.2) is 0 Å². The van der Waals surface area contributed by atoms with E-state index < -0.39 is 17.6 Å². The van der Waals surface area contributed by atoms with E-state index >= 15 is 0 Å².